The number of rotatable bonds is 2. The van der Waals surface area contributed by atoms with Gasteiger partial charge in [-0.2, -0.15) is 0 Å². The van der Waals surface area contributed by atoms with Crippen molar-refractivity contribution in [1.82, 2.24) is 4.98 Å². The number of nitrogens with one attached hydrogen (secondary N) is 1. The maximum absolute atomic E-state index is 11.6. The molecule has 0 radical (unpaired) electrons. The number of hydrogen-bond donors (Lipinski definition) is 1. The van der Waals surface area contributed by atoms with E-state index in [9.17, 15) is 4.79 Å². The molecule has 1 aromatic heterocycles. The van der Waals surface area contributed by atoms with E-state index in [4.69, 9.17) is 9.47 Å². The fourth-order valence-electron chi connectivity index (χ4n) is 1.04. The molecule has 0 bridgehead atoms. The summed E-state index contributed by atoms with van der Waals surface area (Å²) in [5.74, 6) is 0.555. The van der Waals surface area contributed by atoms with Crippen LogP contribution in [-0.2, 0) is 4.74 Å². The van der Waals surface area contributed by atoms with Crippen molar-refractivity contribution in [2.45, 2.75) is 26.4 Å². The molecule has 0 saturated carbocycles. The Kier molecular flexibility index (Phi) is 4.34. The average molecular weight is 303 g/mol. The Bertz CT molecular complexity index is 416. The Hall–Kier alpha value is -1.30. The van der Waals surface area contributed by atoms with Gasteiger partial charge in [0.05, 0.1) is 19.0 Å². The van der Waals surface area contributed by atoms with Gasteiger partial charge in [-0.3, -0.25) is 5.32 Å². The zero-order chi connectivity index (χ0) is 13.1. The number of nitrogens with zero attached hydrogens (tertiary/aromatic N) is 1. The molecular weight excluding hydrogens is 288 g/mol. The van der Waals surface area contributed by atoms with Gasteiger partial charge in [-0.1, -0.05) is 0 Å². The topological polar surface area (TPSA) is 60.5 Å². The van der Waals surface area contributed by atoms with Gasteiger partial charge in [-0.25, -0.2) is 9.78 Å². The second-order valence-electron chi connectivity index (χ2n) is 4.34. The van der Waals surface area contributed by atoms with Crippen molar-refractivity contribution < 1.29 is 14.3 Å². The van der Waals surface area contributed by atoms with E-state index in [1.165, 1.54) is 7.11 Å². The summed E-state index contributed by atoms with van der Waals surface area (Å²) in [6.45, 7) is 5.39. The van der Waals surface area contributed by atoms with E-state index in [-0.39, 0.29) is 0 Å². The molecule has 0 aliphatic rings. The van der Waals surface area contributed by atoms with Gasteiger partial charge in [0.2, 0.25) is 0 Å². The van der Waals surface area contributed by atoms with Gasteiger partial charge in [0.15, 0.2) is 0 Å². The molecule has 0 unspecified atom stereocenters. The predicted molar refractivity (Wildman–Crippen MR) is 68.3 cm³/mol. The monoisotopic (exact) mass is 302 g/mol. The number of carbonyl (C=O) groups is 1. The van der Waals surface area contributed by atoms with E-state index >= 15 is 0 Å². The van der Waals surface area contributed by atoms with Crippen molar-refractivity contribution in [2.24, 2.45) is 0 Å². The smallest absolute Gasteiger partial charge is 0.412 e. The normalized spacial score (nSPS) is 10.9. The number of aromatic nitrogens is 1. The highest BCUT2D eigenvalue weighted by molar-refractivity contribution is 9.10. The summed E-state index contributed by atoms with van der Waals surface area (Å²) >= 11 is 3.23. The Morgan fingerprint density at radius 3 is 2.65 bits per heavy atom. The standard InChI is InChI=1S/C11H15BrN2O3/c1-11(2,3)17-10(15)14-8-5-7(16-4)6-13-9(8)12/h5-6H,1-4H3,(H,14,15). The third-order valence-electron chi connectivity index (χ3n) is 1.69. The fourth-order valence-corrected chi connectivity index (χ4v) is 1.36. The molecule has 1 rings (SSSR count). The van der Waals surface area contributed by atoms with Crippen LogP contribution in [0.15, 0.2) is 16.9 Å². The zero-order valence-corrected chi connectivity index (χ0v) is 11.8. The van der Waals surface area contributed by atoms with Crippen LogP contribution in [0, 0.1) is 0 Å². The summed E-state index contributed by atoms with van der Waals surface area (Å²) < 4.78 is 10.7. The third kappa shape index (κ3) is 4.60. The predicted octanol–water partition coefficient (Wildman–Crippen LogP) is 3.20. The first-order valence-corrected chi connectivity index (χ1v) is 5.80. The number of halogens is 1. The summed E-state index contributed by atoms with van der Waals surface area (Å²) in [4.78, 5) is 15.6. The Labute approximate surface area is 109 Å². The quantitative estimate of drug-likeness (QED) is 0.852. The summed E-state index contributed by atoms with van der Waals surface area (Å²) in [7, 11) is 1.53. The molecular formula is C11H15BrN2O3. The number of hydrogen-bond acceptors (Lipinski definition) is 4. The first-order chi connectivity index (χ1) is 7.81. The lowest BCUT2D eigenvalue weighted by atomic mass is 10.2. The third-order valence-corrected chi connectivity index (χ3v) is 2.32. The molecule has 1 heterocycles. The van der Waals surface area contributed by atoms with Gasteiger partial charge in [0.1, 0.15) is 16.0 Å². The molecule has 0 aliphatic heterocycles. The average Bonchev–Trinajstić information content (AvgIpc) is 2.18. The van der Waals surface area contributed by atoms with Crippen LogP contribution < -0.4 is 10.1 Å². The number of methoxy groups -OCH3 is 1. The zero-order valence-electron chi connectivity index (χ0n) is 10.2. The number of ether oxygens (including phenoxy) is 2. The number of anilines is 1. The molecule has 94 valence electrons. The van der Waals surface area contributed by atoms with Crippen LogP contribution in [-0.4, -0.2) is 23.8 Å². The van der Waals surface area contributed by atoms with Gasteiger partial charge in [0.25, 0.3) is 0 Å². The molecule has 0 fully saturated rings. The van der Waals surface area contributed by atoms with Crippen LogP contribution in [0.25, 0.3) is 0 Å². The lowest BCUT2D eigenvalue weighted by Gasteiger charge is -2.20. The highest BCUT2D eigenvalue weighted by Gasteiger charge is 2.17. The van der Waals surface area contributed by atoms with Crippen LogP contribution in [0.1, 0.15) is 20.8 Å². The maximum Gasteiger partial charge on any atom is 0.412 e. The first-order valence-electron chi connectivity index (χ1n) is 5.01. The Morgan fingerprint density at radius 1 is 1.47 bits per heavy atom. The van der Waals surface area contributed by atoms with Crippen LogP contribution in [0.2, 0.25) is 0 Å². The van der Waals surface area contributed by atoms with E-state index in [1.807, 2.05) is 0 Å². The molecule has 0 spiro atoms. The minimum atomic E-state index is -0.539. The van der Waals surface area contributed by atoms with Gasteiger partial charge in [-0.15, -0.1) is 0 Å². The van der Waals surface area contributed by atoms with E-state index in [0.717, 1.165) is 0 Å². The second kappa shape index (κ2) is 5.35. The highest BCUT2D eigenvalue weighted by atomic mass is 79.9. The molecule has 0 saturated heterocycles. The molecule has 0 aliphatic carbocycles. The molecule has 1 aromatic rings. The van der Waals surface area contributed by atoms with Crippen molar-refractivity contribution in [2.75, 3.05) is 12.4 Å². The molecule has 1 N–H and O–H groups in total. The summed E-state index contributed by atoms with van der Waals surface area (Å²) in [6, 6.07) is 1.65. The number of amides is 1. The minimum absolute atomic E-state index is 0.499. The summed E-state index contributed by atoms with van der Waals surface area (Å²) in [6.07, 6.45) is 1.01. The first kappa shape index (κ1) is 13.8. The Balaban J connectivity index is 2.77. The van der Waals surface area contributed by atoms with Gasteiger partial charge in [0, 0.05) is 6.07 Å². The number of carbonyl (C=O) groups excluding carboxylic acids is 1. The van der Waals surface area contributed by atoms with Crippen LogP contribution >= 0.6 is 15.9 Å². The van der Waals surface area contributed by atoms with Crippen LogP contribution in [0.4, 0.5) is 10.5 Å². The molecule has 5 nitrogen and oxygen atoms in total. The lowest BCUT2D eigenvalue weighted by molar-refractivity contribution is 0.0636. The Morgan fingerprint density at radius 2 is 2.12 bits per heavy atom. The lowest BCUT2D eigenvalue weighted by Crippen LogP contribution is -2.27. The van der Waals surface area contributed by atoms with Crippen molar-refractivity contribution in [3.05, 3.63) is 16.9 Å². The van der Waals surface area contributed by atoms with Crippen molar-refractivity contribution in [3.63, 3.8) is 0 Å². The molecule has 6 heteroatoms. The van der Waals surface area contributed by atoms with E-state index in [0.29, 0.717) is 16.0 Å². The van der Waals surface area contributed by atoms with E-state index < -0.39 is 11.7 Å². The van der Waals surface area contributed by atoms with Crippen LogP contribution in [0.3, 0.4) is 0 Å². The summed E-state index contributed by atoms with van der Waals surface area (Å²) in [5.41, 5.74) is -0.0401. The van der Waals surface area contributed by atoms with Gasteiger partial charge < -0.3 is 9.47 Å². The highest BCUT2D eigenvalue weighted by Crippen LogP contribution is 2.24. The van der Waals surface area contributed by atoms with Crippen molar-refractivity contribution in [1.29, 1.82) is 0 Å². The minimum Gasteiger partial charge on any atom is -0.495 e. The van der Waals surface area contributed by atoms with Crippen molar-refractivity contribution in [3.8, 4) is 5.75 Å². The molecule has 0 aromatic carbocycles. The molecule has 0 atom stereocenters. The SMILES string of the molecule is COc1cnc(Br)c(NC(=O)OC(C)(C)C)c1. The van der Waals surface area contributed by atoms with Gasteiger partial charge in [-0.05, 0) is 36.7 Å². The fraction of sp³-hybridized carbons (Fsp3) is 0.455. The molecule has 1 amide bonds. The number of pyridine rings is 1. The molecule has 17 heavy (non-hydrogen) atoms. The van der Waals surface area contributed by atoms with Crippen LogP contribution in [0.5, 0.6) is 5.75 Å². The van der Waals surface area contributed by atoms with E-state index in [2.05, 4.69) is 26.2 Å². The second-order valence-corrected chi connectivity index (χ2v) is 5.09. The maximum atomic E-state index is 11.6. The van der Waals surface area contributed by atoms with Gasteiger partial charge >= 0.3 is 6.09 Å². The largest absolute Gasteiger partial charge is 0.495 e. The van der Waals surface area contributed by atoms with Crippen molar-refractivity contribution >= 4 is 27.7 Å². The summed E-state index contributed by atoms with van der Waals surface area (Å²) in [5, 5.41) is 2.59. The van der Waals surface area contributed by atoms with E-state index in [1.54, 1.807) is 33.0 Å².